The van der Waals surface area contributed by atoms with Gasteiger partial charge in [0.25, 0.3) is 0 Å². The van der Waals surface area contributed by atoms with Gasteiger partial charge in [-0.3, -0.25) is 0 Å². The average Bonchev–Trinajstić information content (AvgIpc) is 3.01. The van der Waals surface area contributed by atoms with E-state index in [0.29, 0.717) is 5.16 Å². The summed E-state index contributed by atoms with van der Waals surface area (Å²) < 4.78 is 4.19. The number of nitrogen functional groups attached to an aromatic ring is 1. The first-order chi connectivity index (χ1) is 10.6. The first-order valence-electron chi connectivity index (χ1n) is 7.31. The summed E-state index contributed by atoms with van der Waals surface area (Å²) in [6, 6.07) is 0. The highest BCUT2D eigenvalue weighted by Crippen LogP contribution is 2.32. The van der Waals surface area contributed by atoms with Crippen LogP contribution in [0.4, 0.5) is 0 Å². The molecule has 0 fully saturated rings. The molecule has 0 aliphatic rings. The van der Waals surface area contributed by atoms with E-state index in [9.17, 15) is 0 Å². The van der Waals surface area contributed by atoms with Crippen LogP contribution < -0.4 is 5.84 Å². The monoisotopic (exact) mass is 351 g/mol. The lowest BCUT2D eigenvalue weighted by molar-refractivity contribution is 0.523. The quantitative estimate of drug-likeness (QED) is 0.714. The van der Waals surface area contributed by atoms with Crippen molar-refractivity contribution in [1.82, 2.24) is 29.5 Å². The lowest BCUT2D eigenvalue weighted by atomic mass is 9.93. The number of hydrogen-bond donors (Lipinski definition) is 1. The van der Waals surface area contributed by atoms with Crippen LogP contribution in [0.1, 0.15) is 53.1 Å². The molecule has 0 radical (unpaired) electrons. The van der Waals surface area contributed by atoms with Crippen LogP contribution in [0.5, 0.6) is 0 Å². The Kier molecular flexibility index (Phi) is 3.68. The second-order valence-corrected chi connectivity index (χ2v) is 9.67. The molecule has 0 unspecified atom stereocenters. The van der Waals surface area contributed by atoms with Crippen molar-refractivity contribution in [3.8, 4) is 0 Å². The molecule has 0 aliphatic heterocycles. The third-order valence-corrected chi connectivity index (χ3v) is 5.24. The summed E-state index contributed by atoms with van der Waals surface area (Å²) in [6.07, 6.45) is 1.98. The zero-order valence-corrected chi connectivity index (χ0v) is 15.8. The van der Waals surface area contributed by atoms with Crippen molar-refractivity contribution in [2.24, 2.45) is 0 Å². The SMILES string of the molecule is CC(C)(C)c1cn2nc(Sc3nnc(C(C)(C)C)n3N)sc2n1. The van der Waals surface area contributed by atoms with Crippen LogP contribution in [0.15, 0.2) is 15.7 Å². The Morgan fingerprint density at radius 1 is 1.09 bits per heavy atom. The first kappa shape index (κ1) is 16.3. The van der Waals surface area contributed by atoms with E-state index < -0.39 is 0 Å². The van der Waals surface area contributed by atoms with Gasteiger partial charge < -0.3 is 5.84 Å². The summed E-state index contributed by atoms with van der Waals surface area (Å²) in [5.74, 6) is 6.86. The lowest BCUT2D eigenvalue weighted by Gasteiger charge is -2.16. The number of fused-ring (bicyclic) bond motifs is 1. The molecule has 7 nitrogen and oxygen atoms in total. The molecule has 0 aliphatic carbocycles. The smallest absolute Gasteiger partial charge is 0.216 e. The van der Waals surface area contributed by atoms with E-state index >= 15 is 0 Å². The Labute approximate surface area is 143 Å². The van der Waals surface area contributed by atoms with Gasteiger partial charge in [-0.2, -0.15) is 0 Å². The Morgan fingerprint density at radius 2 is 1.78 bits per heavy atom. The molecule has 2 N–H and O–H groups in total. The number of imidazole rings is 1. The molecule has 0 spiro atoms. The van der Waals surface area contributed by atoms with E-state index in [4.69, 9.17) is 5.84 Å². The number of nitrogens with zero attached hydrogens (tertiary/aromatic N) is 6. The van der Waals surface area contributed by atoms with Crippen LogP contribution in [0, 0.1) is 0 Å². The minimum atomic E-state index is -0.153. The molecule has 3 aromatic rings. The van der Waals surface area contributed by atoms with Crippen molar-refractivity contribution < 1.29 is 0 Å². The molecule has 9 heteroatoms. The summed E-state index contributed by atoms with van der Waals surface area (Å²) in [7, 11) is 0. The number of nitrogens with two attached hydrogens (primary N) is 1. The minimum Gasteiger partial charge on any atom is -0.336 e. The van der Waals surface area contributed by atoms with Gasteiger partial charge in [-0.05, 0) is 11.8 Å². The molecule has 124 valence electrons. The van der Waals surface area contributed by atoms with Crippen molar-refractivity contribution in [2.75, 3.05) is 5.84 Å². The van der Waals surface area contributed by atoms with E-state index in [-0.39, 0.29) is 10.8 Å². The van der Waals surface area contributed by atoms with E-state index in [0.717, 1.165) is 20.8 Å². The first-order valence-corrected chi connectivity index (χ1v) is 8.94. The molecule has 0 atom stereocenters. The maximum absolute atomic E-state index is 6.11. The minimum absolute atomic E-state index is 0.0137. The number of hydrogen-bond acceptors (Lipinski definition) is 7. The van der Waals surface area contributed by atoms with E-state index in [1.807, 2.05) is 10.7 Å². The van der Waals surface area contributed by atoms with Gasteiger partial charge in [0.05, 0.1) is 11.9 Å². The number of aromatic nitrogens is 6. The Bertz CT molecular complexity index is 813. The van der Waals surface area contributed by atoms with Gasteiger partial charge in [0.15, 0.2) is 10.2 Å². The molecule has 0 amide bonds. The lowest BCUT2D eigenvalue weighted by Crippen LogP contribution is -2.24. The topological polar surface area (TPSA) is 86.9 Å². The van der Waals surface area contributed by atoms with Gasteiger partial charge in [0, 0.05) is 10.8 Å². The third-order valence-electron chi connectivity index (χ3n) is 3.31. The fourth-order valence-electron chi connectivity index (χ4n) is 2.02. The largest absolute Gasteiger partial charge is 0.336 e. The van der Waals surface area contributed by atoms with Gasteiger partial charge >= 0.3 is 0 Å². The summed E-state index contributed by atoms with van der Waals surface area (Å²) >= 11 is 2.93. The van der Waals surface area contributed by atoms with Crippen LogP contribution >= 0.6 is 23.1 Å². The van der Waals surface area contributed by atoms with Crippen molar-refractivity contribution in [3.63, 3.8) is 0 Å². The Balaban J connectivity index is 1.88. The zero-order chi connectivity index (χ0) is 17.0. The molecule has 3 rings (SSSR count). The standard InChI is InChI=1S/C14H21N7S2/c1-13(2,3)8-7-20-10(16-8)22-12(19-20)23-11-18-17-9(21(11)15)14(4,5)6/h7H,15H2,1-6H3. The van der Waals surface area contributed by atoms with E-state index in [2.05, 4.69) is 61.8 Å². The van der Waals surface area contributed by atoms with Crippen LogP contribution in [-0.2, 0) is 10.8 Å². The van der Waals surface area contributed by atoms with E-state index in [1.165, 1.54) is 27.8 Å². The average molecular weight is 352 g/mol. The highest BCUT2D eigenvalue weighted by molar-refractivity contribution is 8.01. The maximum Gasteiger partial charge on any atom is 0.216 e. The fourth-order valence-corrected chi connectivity index (χ4v) is 3.80. The summed E-state index contributed by atoms with van der Waals surface area (Å²) in [5, 5.41) is 13.6. The van der Waals surface area contributed by atoms with Gasteiger partial charge in [-0.15, -0.1) is 15.3 Å². The highest BCUT2D eigenvalue weighted by atomic mass is 32.2. The maximum atomic E-state index is 6.11. The molecule has 0 saturated heterocycles. The molecule has 0 bridgehead atoms. The van der Waals surface area contributed by atoms with Crippen molar-refractivity contribution in [2.45, 2.75) is 61.9 Å². The Hall–Kier alpha value is -1.61. The predicted molar refractivity (Wildman–Crippen MR) is 92.6 cm³/mol. The predicted octanol–water partition coefficient (Wildman–Crippen LogP) is 2.84. The normalized spacial score (nSPS) is 13.1. The molecular weight excluding hydrogens is 330 g/mol. The third kappa shape index (κ3) is 3.07. The van der Waals surface area contributed by atoms with Crippen LogP contribution in [0.25, 0.3) is 4.96 Å². The summed E-state index contributed by atoms with van der Waals surface area (Å²) in [6.45, 7) is 12.6. The highest BCUT2D eigenvalue weighted by Gasteiger charge is 2.24. The van der Waals surface area contributed by atoms with Gasteiger partial charge in [0.1, 0.15) is 0 Å². The van der Waals surface area contributed by atoms with Crippen LogP contribution in [0.3, 0.4) is 0 Å². The molecule has 0 aromatic carbocycles. The molecular formula is C14H21N7S2. The van der Waals surface area contributed by atoms with Crippen molar-refractivity contribution in [1.29, 1.82) is 0 Å². The summed E-state index contributed by atoms with van der Waals surface area (Å²) in [4.78, 5) is 5.52. The second-order valence-electron chi connectivity index (χ2n) is 7.50. The molecule has 3 heterocycles. The molecule has 23 heavy (non-hydrogen) atoms. The van der Waals surface area contributed by atoms with Gasteiger partial charge in [-0.25, -0.2) is 14.2 Å². The fraction of sp³-hybridized carbons (Fsp3) is 0.571. The molecule has 0 saturated carbocycles. The van der Waals surface area contributed by atoms with Gasteiger partial charge in [0.2, 0.25) is 10.1 Å². The van der Waals surface area contributed by atoms with Crippen LogP contribution in [-0.4, -0.2) is 29.5 Å². The van der Waals surface area contributed by atoms with Crippen molar-refractivity contribution in [3.05, 3.63) is 17.7 Å². The Morgan fingerprint density at radius 3 is 2.30 bits per heavy atom. The summed E-state index contributed by atoms with van der Waals surface area (Å²) in [5.41, 5.74) is 0.893. The second kappa shape index (κ2) is 5.20. The number of rotatable bonds is 2. The molecule has 3 aromatic heterocycles. The van der Waals surface area contributed by atoms with Crippen LogP contribution in [0.2, 0.25) is 0 Å². The van der Waals surface area contributed by atoms with Crippen molar-refractivity contribution >= 4 is 28.1 Å². The van der Waals surface area contributed by atoms with E-state index in [1.54, 1.807) is 0 Å². The zero-order valence-electron chi connectivity index (χ0n) is 14.2. The van der Waals surface area contributed by atoms with Gasteiger partial charge in [-0.1, -0.05) is 52.9 Å².